The summed E-state index contributed by atoms with van der Waals surface area (Å²) in [4.78, 5) is 29.9. The van der Waals surface area contributed by atoms with Gasteiger partial charge in [0.25, 0.3) is 22.2 Å². The monoisotopic (exact) mass is 696 g/mol. The molecule has 0 saturated carbocycles. The number of benzene rings is 2. The summed E-state index contributed by atoms with van der Waals surface area (Å²) in [7, 11) is -3.32. The second kappa shape index (κ2) is 14.6. The highest BCUT2D eigenvalue weighted by atomic mass is 32.2. The molecule has 1 N–H and O–H groups in total. The summed E-state index contributed by atoms with van der Waals surface area (Å²) >= 11 is 0. The number of rotatable bonds is 12. The molecule has 0 radical (unpaired) electrons. The molecule has 13 nitrogen and oxygen atoms in total. The Morgan fingerprint density at radius 3 is 2.19 bits per heavy atom. The molecule has 17 heteroatoms. The summed E-state index contributed by atoms with van der Waals surface area (Å²) in [6, 6.07) is 11.1. The molecule has 0 fully saturated rings. The number of alkyl halides is 3. The Kier molecular flexibility index (Phi) is 11.5. The molecular formula is C31H39F3N6O7S. The van der Waals surface area contributed by atoms with Crippen LogP contribution in [0.2, 0.25) is 0 Å². The van der Waals surface area contributed by atoms with Gasteiger partial charge in [0.15, 0.2) is 11.7 Å². The largest absolute Gasteiger partial charge is 0.569 e. The molecule has 0 aliphatic carbocycles. The van der Waals surface area contributed by atoms with Crippen LogP contribution in [0, 0.1) is 23.5 Å². The van der Waals surface area contributed by atoms with E-state index >= 15 is 0 Å². The number of esters is 1. The van der Waals surface area contributed by atoms with E-state index in [2.05, 4.69) is 10.4 Å². The Labute approximate surface area is 276 Å². The van der Waals surface area contributed by atoms with Crippen LogP contribution in [0.15, 0.2) is 64.8 Å². The molecule has 3 aromatic rings. The molecule has 1 amide bonds. The predicted molar refractivity (Wildman–Crippen MR) is 167 cm³/mol. The Hall–Kier alpha value is -4.67. The Morgan fingerprint density at radius 2 is 1.67 bits per heavy atom. The van der Waals surface area contributed by atoms with Crippen LogP contribution in [-0.2, 0) is 35.4 Å². The van der Waals surface area contributed by atoms with E-state index in [1.54, 1.807) is 58.9 Å². The molecule has 1 unspecified atom stereocenters. The lowest BCUT2D eigenvalue weighted by Gasteiger charge is -2.27. The number of aromatic nitrogens is 2. The predicted octanol–water partition coefficient (Wildman–Crippen LogP) is 5.76. The van der Waals surface area contributed by atoms with Crippen molar-refractivity contribution < 1.29 is 45.7 Å². The summed E-state index contributed by atoms with van der Waals surface area (Å²) in [6.07, 6.45) is -5.61. The average molecular weight is 697 g/mol. The summed E-state index contributed by atoms with van der Waals surface area (Å²) in [6.45, 7) is 11.4. The summed E-state index contributed by atoms with van der Waals surface area (Å²) in [5.74, 6) is -2.21. The van der Waals surface area contributed by atoms with Crippen LogP contribution in [0.1, 0.15) is 59.2 Å². The van der Waals surface area contributed by atoms with E-state index in [0.717, 1.165) is 33.5 Å². The van der Waals surface area contributed by atoms with Crippen LogP contribution in [0.4, 0.5) is 13.2 Å². The normalized spacial score (nSPS) is 14.5. The van der Waals surface area contributed by atoms with E-state index in [-0.39, 0.29) is 21.2 Å². The molecular weight excluding hydrogens is 657 g/mol. The maximum Gasteiger partial charge on any atom is 0.435 e. The van der Waals surface area contributed by atoms with Gasteiger partial charge in [0.05, 0.1) is 33.7 Å². The first kappa shape index (κ1) is 37.8. The van der Waals surface area contributed by atoms with Crippen molar-refractivity contribution in [2.45, 2.75) is 78.3 Å². The lowest BCUT2D eigenvalue weighted by Crippen LogP contribution is -2.52. The number of nitrogens with one attached hydrogen (secondary N) is 1. The lowest BCUT2D eigenvalue weighted by molar-refractivity contribution is -0.713. The van der Waals surface area contributed by atoms with Gasteiger partial charge in [0.2, 0.25) is 5.28 Å². The number of hydrazine groups is 1. The molecule has 3 rings (SSSR count). The average Bonchev–Trinajstić information content (AvgIpc) is 3.46. The van der Waals surface area contributed by atoms with Crippen molar-refractivity contribution in [1.82, 2.24) is 19.5 Å². The number of likely N-dealkylation sites (N-methyl/N-ethyl adjacent to an activating group) is 1. The number of hydrogen-bond donors (Lipinski definition) is 1. The van der Waals surface area contributed by atoms with Crippen molar-refractivity contribution in [2.75, 3.05) is 7.05 Å². The fourth-order valence-electron chi connectivity index (χ4n) is 4.30. The standard InChI is InChI=1S/C31H39F3N6O7S/c1-9-20(3)27(38(8)40(43)37-47-21(4)46-29(42)30(5,6)7)28(41)36-48(44,45)24-16-14-23(15-17-24)39-25(18-26(35-39)31(32,33)34)22-12-10-19(2)11-13-22/h10-18,20-21,27H,9H2,1-8H3,(H,36,41)/t20-,21?,27+/m1/s1. The van der Waals surface area contributed by atoms with Gasteiger partial charge in [0, 0.05) is 12.5 Å². The minimum atomic E-state index is -4.73. The number of amides is 1. The van der Waals surface area contributed by atoms with Crippen LogP contribution in [0.5, 0.6) is 0 Å². The second-order valence-electron chi connectivity index (χ2n) is 12.2. The highest BCUT2D eigenvalue weighted by Crippen LogP contribution is 2.33. The summed E-state index contributed by atoms with van der Waals surface area (Å²) in [5, 5.41) is 20.6. The molecule has 48 heavy (non-hydrogen) atoms. The van der Waals surface area contributed by atoms with Crippen LogP contribution in [-0.4, -0.2) is 59.4 Å². The minimum absolute atomic E-state index is 0.0653. The smallest absolute Gasteiger partial charge is 0.435 e. The number of ether oxygens (including phenoxy) is 1. The fourth-order valence-corrected chi connectivity index (χ4v) is 5.30. The summed E-state index contributed by atoms with van der Waals surface area (Å²) in [5.41, 5.74) is -0.348. The number of carbonyl (C=O) groups is 2. The minimum Gasteiger partial charge on any atom is -0.569 e. The van der Waals surface area contributed by atoms with Crippen molar-refractivity contribution in [3.05, 3.63) is 71.1 Å². The first-order chi connectivity index (χ1) is 22.1. The van der Waals surface area contributed by atoms with E-state index in [4.69, 9.17) is 9.57 Å². The Balaban J connectivity index is 1.84. The molecule has 1 aromatic heterocycles. The second-order valence-corrected chi connectivity index (χ2v) is 13.9. The van der Waals surface area contributed by atoms with Crippen molar-refractivity contribution in [1.29, 1.82) is 0 Å². The number of sulfonamides is 1. The van der Waals surface area contributed by atoms with Gasteiger partial charge >= 0.3 is 12.1 Å². The van der Waals surface area contributed by atoms with E-state index in [1.165, 1.54) is 26.1 Å². The molecule has 3 atom stereocenters. The van der Waals surface area contributed by atoms with Gasteiger partial charge in [-0.05, 0) is 63.9 Å². The van der Waals surface area contributed by atoms with Crippen LogP contribution < -0.4 is 4.72 Å². The first-order valence-corrected chi connectivity index (χ1v) is 16.3. The van der Waals surface area contributed by atoms with Gasteiger partial charge in [-0.2, -0.15) is 18.3 Å². The number of halogens is 3. The molecule has 2 aromatic carbocycles. The van der Waals surface area contributed by atoms with Crippen molar-refractivity contribution in [2.24, 2.45) is 16.6 Å². The zero-order chi connectivity index (χ0) is 36.2. The van der Waals surface area contributed by atoms with Crippen molar-refractivity contribution in [3.8, 4) is 16.9 Å². The van der Waals surface area contributed by atoms with Gasteiger partial charge < -0.3 is 9.94 Å². The highest BCUT2D eigenvalue weighted by molar-refractivity contribution is 7.90. The quantitative estimate of drug-likeness (QED) is 0.0817. The van der Waals surface area contributed by atoms with Gasteiger partial charge in [-0.1, -0.05) is 50.1 Å². The maximum absolute atomic E-state index is 13.6. The molecule has 0 saturated heterocycles. The Morgan fingerprint density at radius 1 is 1.08 bits per heavy atom. The summed E-state index contributed by atoms with van der Waals surface area (Å²) < 4.78 is 75.3. The third-order valence-electron chi connectivity index (χ3n) is 7.25. The molecule has 0 aliphatic heterocycles. The zero-order valence-electron chi connectivity index (χ0n) is 27.8. The SMILES string of the molecule is CC[C@@H](C)[C@@H](C(=O)NS(=O)(=O)c1ccc(-n2nc(C(F)(F)F)cc2-c2ccc(C)cc2)cc1)N(C)[N+]([O-])=NOC(C)OC(=O)C(C)(C)C. The molecule has 1 heterocycles. The van der Waals surface area contributed by atoms with Crippen LogP contribution in [0.25, 0.3) is 16.9 Å². The van der Waals surface area contributed by atoms with E-state index in [9.17, 15) is 36.4 Å². The van der Waals surface area contributed by atoms with E-state index in [0.29, 0.717) is 12.0 Å². The van der Waals surface area contributed by atoms with Gasteiger partial charge in [-0.25, -0.2) is 17.8 Å². The first-order valence-electron chi connectivity index (χ1n) is 14.8. The van der Waals surface area contributed by atoms with Crippen LogP contribution in [0.3, 0.4) is 0 Å². The molecule has 0 spiro atoms. The molecule has 262 valence electrons. The van der Waals surface area contributed by atoms with Gasteiger partial charge in [0.1, 0.15) is 0 Å². The van der Waals surface area contributed by atoms with Crippen molar-refractivity contribution >= 4 is 21.9 Å². The van der Waals surface area contributed by atoms with Crippen molar-refractivity contribution in [3.63, 3.8) is 0 Å². The third kappa shape index (κ3) is 9.23. The van der Waals surface area contributed by atoms with Crippen LogP contribution >= 0.6 is 0 Å². The number of carbonyl (C=O) groups excluding carboxylic acids is 2. The molecule has 0 bridgehead atoms. The van der Waals surface area contributed by atoms with E-state index in [1.807, 2.05) is 11.6 Å². The molecule has 0 aliphatic rings. The number of hydrogen-bond acceptors (Lipinski definition) is 9. The zero-order valence-corrected chi connectivity index (χ0v) is 28.6. The third-order valence-corrected chi connectivity index (χ3v) is 8.61. The van der Waals surface area contributed by atoms with Gasteiger partial charge in [-0.3, -0.25) is 14.4 Å². The lowest BCUT2D eigenvalue weighted by atomic mass is 9.97. The number of nitrogens with zero attached hydrogens (tertiary/aromatic N) is 5. The van der Waals surface area contributed by atoms with Gasteiger partial charge in [-0.15, -0.1) is 5.01 Å². The maximum atomic E-state index is 13.6. The number of aryl methyl sites for hydroxylation is 1. The topological polar surface area (TPSA) is 158 Å². The fraction of sp³-hybridized carbons (Fsp3) is 0.452. The highest BCUT2D eigenvalue weighted by Gasteiger charge is 2.37. The van der Waals surface area contributed by atoms with E-state index < -0.39 is 57.4 Å². The Bertz CT molecular complexity index is 1740.